The molecule has 0 atom stereocenters. The molecule has 0 unspecified atom stereocenters. The van der Waals surface area contributed by atoms with Gasteiger partial charge in [-0.1, -0.05) is 224 Å². The van der Waals surface area contributed by atoms with Gasteiger partial charge in [-0.2, -0.15) is 0 Å². The maximum atomic E-state index is 2.44. The highest BCUT2D eigenvalue weighted by Crippen LogP contribution is 2.46. The number of hydrogen-bond donors (Lipinski definition) is 0. The maximum absolute atomic E-state index is 2.44. The Morgan fingerprint density at radius 2 is 0.662 bits per heavy atom. The molecule has 0 radical (unpaired) electrons. The lowest BCUT2D eigenvalue weighted by Crippen LogP contribution is -2.11. The van der Waals surface area contributed by atoms with E-state index in [1.807, 2.05) is 0 Å². The normalized spacial score (nSPS) is 11.2. The van der Waals surface area contributed by atoms with Crippen LogP contribution in [0, 0.1) is 0 Å². The quantitative estimate of drug-likeness (QED) is 0.133. The molecule has 68 heavy (non-hydrogen) atoms. The molecule has 0 fully saturated rings. The molecule has 0 aliphatic heterocycles. The first-order valence-corrected chi connectivity index (χ1v) is 23.3. The molecular weight excluding hydrogens is 821 g/mol. The summed E-state index contributed by atoms with van der Waals surface area (Å²) in [5.74, 6) is 0. The van der Waals surface area contributed by atoms with Crippen molar-refractivity contribution in [1.29, 1.82) is 0 Å². The van der Waals surface area contributed by atoms with Gasteiger partial charge in [-0.25, -0.2) is 0 Å². The molecule has 0 aliphatic carbocycles. The van der Waals surface area contributed by atoms with Crippen molar-refractivity contribution in [3.05, 3.63) is 279 Å². The molecule has 2 nitrogen and oxygen atoms in total. The van der Waals surface area contributed by atoms with Gasteiger partial charge in [0.05, 0.1) is 16.7 Å². The van der Waals surface area contributed by atoms with Crippen molar-refractivity contribution in [3.8, 4) is 72.4 Å². The van der Waals surface area contributed by atoms with Gasteiger partial charge in [-0.05, 0) is 116 Å². The summed E-state index contributed by atoms with van der Waals surface area (Å²) < 4.78 is 2.39. The van der Waals surface area contributed by atoms with Gasteiger partial charge in [0.15, 0.2) is 0 Å². The Morgan fingerprint density at radius 3 is 1.31 bits per heavy atom. The van der Waals surface area contributed by atoms with Crippen LogP contribution >= 0.6 is 0 Å². The molecule has 1 aromatic heterocycles. The van der Waals surface area contributed by atoms with Gasteiger partial charge in [0.1, 0.15) is 0 Å². The Balaban J connectivity index is 1.03. The summed E-state index contributed by atoms with van der Waals surface area (Å²) in [5.41, 5.74) is 20.9. The molecule has 0 saturated carbocycles. The number of rotatable bonds is 10. The lowest BCUT2D eigenvalue weighted by molar-refractivity contribution is 1.18. The zero-order valence-electron chi connectivity index (χ0n) is 37.5. The zero-order chi connectivity index (χ0) is 45.2. The molecule has 0 saturated heterocycles. The molecule has 0 spiro atoms. The van der Waals surface area contributed by atoms with Gasteiger partial charge in [0, 0.05) is 33.4 Å². The lowest BCUT2D eigenvalue weighted by atomic mass is 9.88. The number of aromatic nitrogens is 1. The molecule has 0 amide bonds. The average molecular weight is 867 g/mol. The highest BCUT2D eigenvalue weighted by Gasteiger charge is 2.22. The number of fused-ring (bicyclic) bond motifs is 3. The smallest absolute Gasteiger partial charge is 0.0547 e. The molecular formula is C66H46N2. The number of para-hydroxylation sites is 3. The Kier molecular flexibility index (Phi) is 10.6. The van der Waals surface area contributed by atoms with Crippen LogP contribution < -0.4 is 4.90 Å². The minimum Gasteiger partial charge on any atom is -0.310 e. The van der Waals surface area contributed by atoms with Crippen LogP contribution in [0.25, 0.3) is 94.3 Å². The van der Waals surface area contributed by atoms with Crippen LogP contribution in [0.4, 0.5) is 17.1 Å². The zero-order valence-corrected chi connectivity index (χ0v) is 37.5. The molecule has 12 aromatic rings. The van der Waals surface area contributed by atoms with Crippen molar-refractivity contribution in [2.75, 3.05) is 4.90 Å². The Bertz CT molecular complexity index is 3720. The van der Waals surface area contributed by atoms with Crippen molar-refractivity contribution in [3.63, 3.8) is 0 Å². The fourth-order valence-corrected chi connectivity index (χ4v) is 10.1. The first-order chi connectivity index (χ1) is 33.8. The fourth-order valence-electron chi connectivity index (χ4n) is 10.1. The van der Waals surface area contributed by atoms with E-state index < -0.39 is 0 Å². The summed E-state index contributed by atoms with van der Waals surface area (Å²) in [6, 6.07) is 101. The first kappa shape index (κ1) is 40.5. The molecule has 0 aliphatic rings. The molecule has 1 heterocycles. The van der Waals surface area contributed by atoms with E-state index in [9.17, 15) is 0 Å². The third-order valence-electron chi connectivity index (χ3n) is 13.2. The minimum atomic E-state index is 1.07. The Labute approximate surface area is 397 Å². The van der Waals surface area contributed by atoms with Gasteiger partial charge in [-0.3, -0.25) is 0 Å². The third-order valence-corrected chi connectivity index (χ3v) is 13.2. The molecule has 12 rings (SSSR count). The van der Waals surface area contributed by atoms with Gasteiger partial charge in [0.25, 0.3) is 0 Å². The summed E-state index contributed by atoms with van der Waals surface area (Å²) >= 11 is 0. The number of nitrogens with zero attached hydrogens (tertiary/aromatic N) is 2. The monoisotopic (exact) mass is 866 g/mol. The standard InChI is InChI=1S/C66H46N2/c1-4-21-47(22-5-1)55-29-10-11-30-56(55)49-39-42-53(43-40-49)67(64-37-18-16-35-61(64)60-34-15-14-33-59(60)58-32-13-12-31-57(58)48-23-6-2-7-24-48)54-28-20-25-50(45-54)51-41-44-63-62-36-17-19-38-65(62)68(66(63)46-51)52-26-8-3-9-27-52/h1-46H. The Hall–Kier alpha value is -8.98. The van der Waals surface area contributed by atoms with Crippen molar-refractivity contribution in [2.24, 2.45) is 0 Å². The van der Waals surface area contributed by atoms with Crippen LogP contribution in [0.1, 0.15) is 0 Å². The average Bonchev–Trinajstić information content (AvgIpc) is 3.76. The van der Waals surface area contributed by atoms with Crippen LogP contribution in [-0.2, 0) is 0 Å². The predicted octanol–water partition coefficient (Wildman–Crippen LogP) is 18.3. The largest absolute Gasteiger partial charge is 0.310 e. The van der Waals surface area contributed by atoms with E-state index >= 15 is 0 Å². The van der Waals surface area contributed by atoms with E-state index in [-0.39, 0.29) is 0 Å². The van der Waals surface area contributed by atoms with E-state index in [1.54, 1.807) is 0 Å². The summed E-state index contributed by atoms with van der Waals surface area (Å²) in [6.07, 6.45) is 0. The van der Waals surface area contributed by atoms with Crippen molar-refractivity contribution < 1.29 is 0 Å². The van der Waals surface area contributed by atoms with Gasteiger partial charge < -0.3 is 9.47 Å². The molecule has 0 N–H and O–H groups in total. The molecule has 0 bridgehead atoms. The third kappa shape index (κ3) is 7.45. The van der Waals surface area contributed by atoms with Crippen molar-refractivity contribution >= 4 is 38.9 Å². The predicted molar refractivity (Wildman–Crippen MR) is 288 cm³/mol. The lowest BCUT2D eigenvalue weighted by Gasteiger charge is -2.29. The fraction of sp³-hybridized carbons (Fsp3) is 0. The van der Waals surface area contributed by atoms with Gasteiger partial charge in [0.2, 0.25) is 0 Å². The van der Waals surface area contributed by atoms with Gasteiger partial charge >= 0.3 is 0 Å². The van der Waals surface area contributed by atoms with Crippen LogP contribution in [0.15, 0.2) is 279 Å². The molecule has 320 valence electrons. The summed E-state index contributed by atoms with van der Waals surface area (Å²) in [7, 11) is 0. The second-order valence-corrected chi connectivity index (χ2v) is 17.2. The summed E-state index contributed by atoms with van der Waals surface area (Å²) in [5, 5.41) is 2.48. The second-order valence-electron chi connectivity index (χ2n) is 17.2. The number of hydrogen-bond acceptors (Lipinski definition) is 1. The van der Waals surface area contributed by atoms with Crippen LogP contribution in [-0.4, -0.2) is 4.57 Å². The molecule has 2 heteroatoms. The maximum Gasteiger partial charge on any atom is 0.0547 e. The van der Waals surface area contributed by atoms with Crippen LogP contribution in [0.5, 0.6) is 0 Å². The van der Waals surface area contributed by atoms with E-state index in [0.717, 1.165) is 39.4 Å². The van der Waals surface area contributed by atoms with Gasteiger partial charge in [-0.15, -0.1) is 0 Å². The highest BCUT2D eigenvalue weighted by atomic mass is 15.1. The van der Waals surface area contributed by atoms with E-state index in [2.05, 4.69) is 289 Å². The SMILES string of the molecule is c1ccc(-c2ccccc2-c2ccc(N(c3cccc(-c4ccc5c6ccccc6n(-c6ccccc6)c5c4)c3)c3ccccc3-c3ccccc3-c3ccccc3-c3ccccc3)cc2)cc1. The van der Waals surface area contributed by atoms with E-state index in [4.69, 9.17) is 0 Å². The summed E-state index contributed by atoms with van der Waals surface area (Å²) in [6.45, 7) is 0. The first-order valence-electron chi connectivity index (χ1n) is 23.3. The van der Waals surface area contributed by atoms with E-state index in [0.29, 0.717) is 0 Å². The van der Waals surface area contributed by atoms with E-state index in [1.165, 1.54) is 71.9 Å². The van der Waals surface area contributed by atoms with Crippen molar-refractivity contribution in [2.45, 2.75) is 0 Å². The second kappa shape index (κ2) is 17.8. The van der Waals surface area contributed by atoms with Crippen LogP contribution in [0.3, 0.4) is 0 Å². The van der Waals surface area contributed by atoms with Crippen molar-refractivity contribution in [1.82, 2.24) is 4.57 Å². The van der Waals surface area contributed by atoms with Crippen LogP contribution in [0.2, 0.25) is 0 Å². The topological polar surface area (TPSA) is 8.17 Å². The molecule has 11 aromatic carbocycles. The summed E-state index contributed by atoms with van der Waals surface area (Å²) in [4.78, 5) is 2.44. The highest BCUT2D eigenvalue weighted by molar-refractivity contribution is 6.10. The minimum absolute atomic E-state index is 1.07. The number of anilines is 3. The number of benzene rings is 11. The Morgan fingerprint density at radius 1 is 0.235 bits per heavy atom.